The maximum Gasteiger partial charge on any atom is 0.252 e. The molecule has 0 aliphatic heterocycles. The van der Waals surface area contributed by atoms with Crippen LogP contribution in [-0.2, 0) is 4.79 Å². The summed E-state index contributed by atoms with van der Waals surface area (Å²) in [6.07, 6.45) is 0.287. The number of nitrogens with one attached hydrogen (secondary N) is 2. The lowest BCUT2D eigenvalue weighted by Gasteiger charge is -2.22. The first-order valence-corrected chi connectivity index (χ1v) is 9.14. The summed E-state index contributed by atoms with van der Waals surface area (Å²) in [4.78, 5) is 23.8. The Hall–Kier alpha value is -2.14. The molecule has 0 saturated carbocycles. The Balaban J connectivity index is 1.74. The Bertz CT molecular complexity index is 639. The molecule has 0 aliphatic carbocycles. The zero-order valence-corrected chi connectivity index (χ0v) is 14.9. The second-order valence-corrected chi connectivity index (χ2v) is 6.86. The van der Waals surface area contributed by atoms with Crippen LogP contribution in [0.1, 0.15) is 42.1 Å². The van der Waals surface area contributed by atoms with Crippen molar-refractivity contribution in [2.45, 2.75) is 26.2 Å². The van der Waals surface area contributed by atoms with Gasteiger partial charge in [0.25, 0.3) is 5.91 Å². The van der Waals surface area contributed by atoms with E-state index in [0.717, 1.165) is 0 Å². The highest BCUT2D eigenvalue weighted by molar-refractivity contribution is 7.08. The summed E-state index contributed by atoms with van der Waals surface area (Å²) in [6.45, 7) is 5.27. The third-order valence-corrected chi connectivity index (χ3v) is 4.66. The van der Waals surface area contributed by atoms with Crippen LogP contribution in [0.5, 0.6) is 0 Å². The summed E-state index contributed by atoms with van der Waals surface area (Å²) in [5, 5.41) is 9.40. The van der Waals surface area contributed by atoms with E-state index in [1.54, 1.807) is 11.4 Å². The number of rotatable bonds is 8. The van der Waals surface area contributed by atoms with Gasteiger partial charge in [0.1, 0.15) is 0 Å². The van der Waals surface area contributed by atoms with Crippen molar-refractivity contribution >= 4 is 23.2 Å². The van der Waals surface area contributed by atoms with Gasteiger partial charge >= 0.3 is 0 Å². The highest BCUT2D eigenvalue weighted by Crippen LogP contribution is 2.23. The summed E-state index contributed by atoms with van der Waals surface area (Å²) < 4.78 is 0. The van der Waals surface area contributed by atoms with E-state index in [2.05, 4.69) is 36.6 Å². The molecule has 1 atom stereocenters. The molecule has 0 saturated heterocycles. The first kappa shape index (κ1) is 18.2. The molecule has 2 amide bonds. The van der Waals surface area contributed by atoms with E-state index >= 15 is 0 Å². The van der Waals surface area contributed by atoms with E-state index in [1.165, 1.54) is 16.9 Å². The van der Waals surface area contributed by atoms with Crippen LogP contribution < -0.4 is 10.6 Å². The van der Waals surface area contributed by atoms with Crippen molar-refractivity contribution in [2.24, 2.45) is 5.92 Å². The monoisotopic (exact) mass is 344 g/mol. The highest BCUT2D eigenvalue weighted by Gasteiger charge is 2.16. The summed E-state index contributed by atoms with van der Waals surface area (Å²) in [7, 11) is 0. The van der Waals surface area contributed by atoms with E-state index in [9.17, 15) is 9.59 Å². The maximum atomic E-state index is 12.0. The Morgan fingerprint density at radius 1 is 1.08 bits per heavy atom. The first-order valence-electron chi connectivity index (χ1n) is 8.20. The molecule has 0 spiro atoms. The number of hydrogen-bond acceptors (Lipinski definition) is 3. The van der Waals surface area contributed by atoms with Gasteiger partial charge in [-0.1, -0.05) is 44.2 Å². The van der Waals surface area contributed by atoms with E-state index in [-0.39, 0.29) is 24.2 Å². The molecule has 2 N–H and O–H groups in total. The summed E-state index contributed by atoms with van der Waals surface area (Å²) in [6, 6.07) is 12.0. The van der Waals surface area contributed by atoms with Crippen molar-refractivity contribution in [3.05, 3.63) is 58.3 Å². The van der Waals surface area contributed by atoms with Crippen LogP contribution in [0.3, 0.4) is 0 Å². The number of carbonyl (C=O) groups is 2. The van der Waals surface area contributed by atoms with Crippen LogP contribution in [0.15, 0.2) is 47.2 Å². The second kappa shape index (κ2) is 9.23. The largest absolute Gasteiger partial charge is 0.355 e. The molecule has 2 rings (SSSR count). The number of carbonyl (C=O) groups excluding carboxylic acids is 2. The molecule has 0 fully saturated rings. The van der Waals surface area contributed by atoms with Crippen LogP contribution in [0.25, 0.3) is 0 Å². The minimum absolute atomic E-state index is 0.0396. The van der Waals surface area contributed by atoms with Gasteiger partial charge in [-0.2, -0.15) is 11.3 Å². The Morgan fingerprint density at radius 2 is 1.83 bits per heavy atom. The lowest BCUT2D eigenvalue weighted by molar-refractivity contribution is -0.121. The Morgan fingerprint density at radius 3 is 2.46 bits per heavy atom. The summed E-state index contributed by atoms with van der Waals surface area (Å²) in [5.41, 5.74) is 1.88. The van der Waals surface area contributed by atoms with Gasteiger partial charge in [0.05, 0.1) is 0 Å². The van der Waals surface area contributed by atoms with Gasteiger partial charge in [-0.05, 0) is 22.9 Å². The predicted octanol–water partition coefficient (Wildman–Crippen LogP) is 3.42. The molecule has 5 heteroatoms. The highest BCUT2D eigenvalue weighted by atomic mass is 32.1. The van der Waals surface area contributed by atoms with Crippen molar-refractivity contribution < 1.29 is 9.59 Å². The summed E-state index contributed by atoms with van der Waals surface area (Å²) >= 11 is 1.48. The zero-order valence-electron chi connectivity index (χ0n) is 14.1. The maximum absolute atomic E-state index is 12.0. The molecule has 1 aromatic heterocycles. The van der Waals surface area contributed by atoms with Gasteiger partial charge in [0, 0.05) is 36.4 Å². The Labute approximate surface area is 147 Å². The molecular weight excluding hydrogens is 320 g/mol. The fourth-order valence-electron chi connectivity index (χ4n) is 2.54. The van der Waals surface area contributed by atoms with Crippen LogP contribution in [0.2, 0.25) is 0 Å². The fraction of sp³-hybridized carbons (Fsp3) is 0.368. The third-order valence-electron chi connectivity index (χ3n) is 3.97. The molecule has 0 radical (unpaired) electrons. The lowest BCUT2D eigenvalue weighted by atomic mass is 9.88. The van der Waals surface area contributed by atoms with E-state index in [0.29, 0.717) is 24.6 Å². The molecule has 24 heavy (non-hydrogen) atoms. The van der Waals surface area contributed by atoms with Crippen LogP contribution >= 0.6 is 11.3 Å². The van der Waals surface area contributed by atoms with Crippen LogP contribution in [0, 0.1) is 5.92 Å². The van der Waals surface area contributed by atoms with Gasteiger partial charge in [0.2, 0.25) is 5.91 Å². The lowest BCUT2D eigenvalue weighted by Crippen LogP contribution is -2.33. The number of benzene rings is 1. The third kappa shape index (κ3) is 5.49. The molecule has 0 aliphatic rings. The van der Waals surface area contributed by atoms with Gasteiger partial charge < -0.3 is 10.6 Å². The molecule has 1 unspecified atom stereocenters. The van der Waals surface area contributed by atoms with Gasteiger partial charge in [-0.15, -0.1) is 0 Å². The number of amides is 2. The summed E-state index contributed by atoms with van der Waals surface area (Å²) in [5.74, 6) is 0.553. The molecule has 4 nitrogen and oxygen atoms in total. The molecule has 1 aromatic carbocycles. The second-order valence-electron chi connectivity index (χ2n) is 6.08. The zero-order chi connectivity index (χ0) is 17.4. The minimum Gasteiger partial charge on any atom is -0.355 e. The average Bonchev–Trinajstić information content (AvgIpc) is 3.10. The van der Waals surface area contributed by atoms with Crippen molar-refractivity contribution in [1.29, 1.82) is 0 Å². The molecule has 1 heterocycles. The van der Waals surface area contributed by atoms with Crippen LogP contribution in [0.4, 0.5) is 0 Å². The van der Waals surface area contributed by atoms with Gasteiger partial charge in [0.15, 0.2) is 0 Å². The standard InChI is InChI=1S/C19H24N2O2S/c1-14(2)17(15-6-4-3-5-7-15)12-21-18(22)8-10-20-19(23)16-9-11-24-13-16/h3-7,9,11,13-14,17H,8,10,12H2,1-2H3,(H,20,23)(H,21,22). The van der Waals surface area contributed by atoms with E-state index in [1.807, 2.05) is 23.6 Å². The Kier molecular flexibility index (Phi) is 7.00. The van der Waals surface area contributed by atoms with Crippen molar-refractivity contribution in [2.75, 3.05) is 13.1 Å². The normalized spacial score (nSPS) is 12.0. The first-order chi connectivity index (χ1) is 11.6. The topological polar surface area (TPSA) is 58.2 Å². The van der Waals surface area contributed by atoms with E-state index < -0.39 is 0 Å². The van der Waals surface area contributed by atoms with Gasteiger partial charge in [-0.3, -0.25) is 9.59 Å². The van der Waals surface area contributed by atoms with E-state index in [4.69, 9.17) is 0 Å². The fourth-order valence-corrected chi connectivity index (χ4v) is 3.17. The van der Waals surface area contributed by atoms with Crippen LogP contribution in [-0.4, -0.2) is 24.9 Å². The van der Waals surface area contributed by atoms with Crippen molar-refractivity contribution in [3.8, 4) is 0 Å². The molecular formula is C19H24N2O2S. The number of thiophene rings is 1. The SMILES string of the molecule is CC(C)C(CNC(=O)CCNC(=O)c1ccsc1)c1ccccc1. The molecule has 2 aromatic rings. The average molecular weight is 344 g/mol. The molecule has 128 valence electrons. The molecule has 0 bridgehead atoms. The predicted molar refractivity (Wildman–Crippen MR) is 98.3 cm³/mol. The van der Waals surface area contributed by atoms with Gasteiger partial charge in [-0.25, -0.2) is 0 Å². The van der Waals surface area contributed by atoms with Crippen molar-refractivity contribution in [1.82, 2.24) is 10.6 Å². The minimum atomic E-state index is -0.131. The quantitative estimate of drug-likeness (QED) is 0.771. The number of hydrogen-bond donors (Lipinski definition) is 2. The van der Waals surface area contributed by atoms with Crippen molar-refractivity contribution in [3.63, 3.8) is 0 Å². The smallest absolute Gasteiger partial charge is 0.252 e.